The second-order valence-corrected chi connectivity index (χ2v) is 6.56. The Balaban J connectivity index is 1.38. The molecule has 3 aromatic rings. The first kappa shape index (κ1) is 15.3. The van der Waals surface area contributed by atoms with Gasteiger partial charge in [-0.2, -0.15) is 0 Å². The molecule has 0 atom stereocenters. The molecule has 1 aliphatic heterocycles. The van der Waals surface area contributed by atoms with E-state index < -0.39 is 0 Å². The molecular formula is C19H23N3O2. The second-order valence-electron chi connectivity index (χ2n) is 6.56. The molecule has 0 saturated carbocycles. The van der Waals surface area contributed by atoms with Gasteiger partial charge in [0.15, 0.2) is 6.39 Å². The number of rotatable bonds is 4. The molecule has 0 N–H and O–H groups in total. The van der Waals surface area contributed by atoms with E-state index in [2.05, 4.69) is 52.0 Å². The first-order valence-electron chi connectivity index (χ1n) is 8.53. The van der Waals surface area contributed by atoms with Crippen molar-refractivity contribution in [2.24, 2.45) is 7.05 Å². The number of nitrogens with zero attached hydrogens (tertiary/aromatic N) is 3. The van der Waals surface area contributed by atoms with Crippen LogP contribution >= 0.6 is 0 Å². The number of benzene rings is 1. The number of aryl methyl sites for hydroxylation is 2. The number of oxazole rings is 1. The highest BCUT2D eigenvalue weighted by Gasteiger charge is 2.22. The first-order valence-corrected chi connectivity index (χ1v) is 8.53. The van der Waals surface area contributed by atoms with Crippen LogP contribution in [0.3, 0.4) is 0 Å². The average molecular weight is 325 g/mol. The minimum atomic E-state index is 0.283. The van der Waals surface area contributed by atoms with Crippen LogP contribution in [-0.2, 0) is 13.6 Å². The molecule has 0 radical (unpaired) electrons. The fraction of sp³-hybridized carbons (Fsp3) is 0.421. The summed E-state index contributed by atoms with van der Waals surface area (Å²) in [5.74, 6) is 1.92. The Bertz CT molecular complexity index is 828. The zero-order chi connectivity index (χ0) is 16.5. The molecule has 0 unspecified atom stereocenters. The summed E-state index contributed by atoms with van der Waals surface area (Å²) in [7, 11) is 2.07. The predicted molar refractivity (Wildman–Crippen MR) is 93.1 cm³/mol. The quantitative estimate of drug-likeness (QED) is 0.736. The predicted octanol–water partition coefficient (Wildman–Crippen LogP) is 3.52. The molecule has 4 rings (SSSR count). The Labute approximate surface area is 141 Å². The summed E-state index contributed by atoms with van der Waals surface area (Å²) in [6, 6.07) is 8.41. The van der Waals surface area contributed by atoms with E-state index in [0.717, 1.165) is 49.7 Å². The Morgan fingerprint density at radius 3 is 2.83 bits per heavy atom. The van der Waals surface area contributed by atoms with Crippen LogP contribution in [0.4, 0.5) is 0 Å². The van der Waals surface area contributed by atoms with Gasteiger partial charge in [0.2, 0.25) is 0 Å². The molecule has 5 nitrogen and oxygen atoms in total. The molecular weight excluding hydrogens is 302 g/mol. The smallest absolute Gasteiger partial charge is 0.181 e. The van der Waals surface area contributed by atoms with Crippen molar-refractivity contribution < 1.29 is 9.15 Å². The number of ether oxygens (including phenoxy) is 1. The standard InChI is InChI=1S/C19H23N3O2/c1-14-17(20-13-23-14)12-22-10-6-15(7-11-22)24-19-5-3-4-18-16(19)8-9-21(18)2/h3-5,8-9,13,15H,6-7,10-12H2,1-2H3. The van der Waals surface area contributed by atoms with Crippen LogP contribution in [0.25, 0.3) is 10.9 Å². The monoisotopic (exact) mass is 325 g/mol. The van der Waals surface area contributed by atoms with Crippen molar-refractivity contribution >= 4 is 10.9 Å². The van der Waals surface area contributed by atoms with Crippen molar-refractivity contribution in [3.63, 3.8) is 0 Å². The number of likely N-dealkylation sites (tertiary alicyclic amines) is 1. The zero-order valence-corrected chi connectivity index (χ0v) is 14.2. The molecule has 2 aromatic heterocycles. The molecule has 1 aromatic carbocycles. The van der Waals surface area contributed by atoms with E-state index in [-0.39, 0.29) is 6.10 Å². The van der Waals surface area contributed by atoms with Gasteiger partial charge in [-0.25, -0.2) is 4.98 Å². The number of fused-ring (bicyclic) bond motifs is 1. The van der Waals surface area contributed by atoms with Gasteiger partial charge in [-0.15, -0.1) is 0 Å². The summed E-state index contributed by atoms with van der Waals surface area (Å²) in [5.41, 5.74) is 2.26. The summed E-state index contributed by atoms with van der Waals surface area (Å²) in [6.07, 6.45) is 5.98. The van der Waals surface area contributed by atoms with Gasteiger partial charge < -0.3 is 13.7 Å². The van der Waals surface area contributed by atoms with Crippen molar-refractivity contribution in [3.8, 4) is 5.75 Å². The van der Waals surface area contributed by atoms with Gasteiger partial charge >= 0.3 is 0 Å². The minimum absolute atomic E-state index is 0.283. The highest BCUT2D eigenvalue weighted by Crippen LogP contribution is 2.29. The SMILES string of the molecule is Cc1ocnc1CN1CCC(Oc2cccc3c2ccn3C)CC1. The van der Waals surface area contributed by atoms with E-state index in [0.29, 0.717) is 0 Å². The Kier molecular flexibility index (Phi) is 4.02. The molecule has 24 heavy (non-hydrogen) atoms. The Morgan fingerprint density at radius 2 is 2.08 bits per heavy atom. The van der Waals surface area contributed by atoms with Crippen molar-refractivity contribution in [2.45, 2.75) is 32.4 Å². The molecule has 0 spiro atoms. The van der Waals surface area contributed by atoms with E-state index >= 15 is 0 Å². The fourth-order valence-electron chi connectivity index (χ4n) is 3.43. The van der Waals surface area contributed by atoms with Crippen LogP contribution in [-0.4, -0.2) is 33.6 Å². The molecule has 1 saturated heterocycles. The lowest BCUT2D eigenvalue weighted by Crippen LogP contribution is -2.38. The largest absolute Gasteiger partial charge is 0.490 e. The normalized spacial score (nSPS) is 16.8. The highest BCUT2D eigenvalue weighted by molar-refractivity contribution is 5.86. The van der Waals surface area contributed by atoms with E-state index in [9.17, 15) is 0 Å². The third-order valence-corrected chi connectivity index (χ3v) is 4.93. The lowest BCUT2D eigenvalue weighted by atomic mass is 10.1. The van der Waals surface area contributed by atoms with Crippen LogP contribution in [0.5, 0.6) is 5.75 Å². The maximum atomic E-state index is 6.32. The number of hydrogen-bond donors (Lipinski definition) is 0. The summed E-state index contributed by atoms with van der Waals surface area (Å²) < 4.78 is 13.7. The molecule has 1 fully saturated rings. The van der Waals surface area contributed by atoms with Gasteiger partial charge in [-0.1, -0.05) is 6.07 Å². The van der Waals surface area contributed by atoms with E-state index in [1.807, 2.05) is 6.92 Å². The first-order chi connectivity index (χ1) is 11.7. The van der Waals surface area contributed by atoms with Gasteiger partial charge in [0.25, 0.3) is 0 Å². The van der Waals surface area contributed by atoms with Crippen LogP contribution in [0.15, 0.2) is 41.3 Å². The summed E-state index contributed by atoms with van der Waals surface area (Å²) in [6.45, 7) is 4.89. The molecule has 0 aliphatic carbocycles. The maximum absolute atomic E-state index is 6.32. The van der Waals surface area contributed by atoms with Crippen molar-refractivity contribution in [1.29, 1.82) is 0 Å². The van der Waals surface area contributed by atoms with Crippen LogP contribution in [0, 0.1) is 6.92 Å². The van der Waals surface area contributed by atoms with Gasteiger partial charge in [-0.05, 0) is 38.0 Å². The maximum Gasteiger partial charge on any atom is 0.181 e. The summed E-state index contributed by atoms with van der Waals surface area (Å²) in [5, 5.41) is 1.20. The Morgan fingerprint density at radius 1 is 1.25 bits per heavy atom. The summed E-state index contributed by atoms with van der Waals surface area (Å²) >= 11 is 0. The zero-order valence-electron chi connectivity index (χ0n) is 14.2. The molecule has 0 amide bonds. The van der Waals surface area contributed by atoms with Crippen LogP contribution in [0.1, 0.15) is 24.3 Å². The lowest BCUT2D eigenvalue weighted by Gasteiger charge is -2.31. The number of aromatic nitrogens is 2. The van der Waals surface area contributed by atoms with E-state index in [4.69, 9.17) is 9.15 Å². The van der Waals surface area contributed by atoms with E-state index in [1.54, 1.807) is 0 Å². The third-order valence-electron chi connectivity index (χ3n) is 4.93. The minimum Gasteiger partial charge on any atom is -0.490 e. The van der Waals surface area contributed by atoms with Crippen LogP contribution < -0.4 is 4.74 Å². The van der Waals surface area contributed by atoms with Gasteiger partial charge in [0, 0.05) is 38.3 Å². The van der Waals surface area contributed by atoms with Crippen molar-refractivity contribution in [1.82, 2.24) is 14.5 Å². The molecule has 126 valence electrons. The van der Waals surface area contributed by atoms with Gasteiger partial charge in [0.1, 0.15) is 17.6 Å². The average Bonchev–Trinajstić information content (AvgIpc) is 3.17. The van der Waals surface area contributed by atoms with Crippen molar-refractivity contribution in [2.75, 3.05) is 13.1 Å². The topological polar surface area (TPSA) is 43.4 Å². The Hall–Kier alpha value is -2.27. The molecule has 1 aliphatic rings. The fourth-order valence-corrected chi connectivity index (χ4v) is 3.43. The lowest BCUT2D eigenvalue weighted by molar-refractivity contribution is 0.0971. The molecule has 0 bridgehead atoms. The van der Waals surface area contributed by atoms with E-state index in [1.165, 1.54) is 17.3 Å². The van der Waals surface area contributed by atoms with Gasteiger partial charge in [0.05, 0.1) is 11.2 Å². The number of hydrogen-bond acceptors (Lipinski definition) is 4. The highest BCUT2D eigenvalue weighted by atomic mass is 16.5. The summed E-state index contributed by atoms with van der Waals surface area (Å²) in [4.78, 5) is 6.72. The van der Waals surface area contributed by atoms with Crippen LogP contribution in [0.2, 0.25) is 0 Å². The third kappa shape index (κ3) is 2.91. The second kappa shape index (κ2) is 6.32. The van der Waals surface area contributed by atoms with Gasteiger partial charge in [-0.3, -0.25) is 4.90 Å². The number of piperidine rings is 1. The van der Waals surface area contributed by atoms with Crippen molar-refractivity contribution in [3.05, 3.63) is 48.3 Å². The molecule has 3 heterocycles. The molecule has 5 heteroatoms.